The summed E-state index contributed by atoms with van der Waals surface area (Å²) < 4.78 is 25.4. The number of allylic oxidation sites excluding steroid dienone is 5. The maximum atomic E-state index is 14.3. The number of rotatable bonds is 14. The molecule has 0 spiro atoms. The van der Waals surface area contributed by atoms with E-state index in [1.54, 1.807) is 20.2 Å². The van der Waals surface area contributed by atoms with Crippen LogP contribution in [0.3, 0.4) is 0 Å². The van der Waals surface area contributed by atoms with Crippen molar-refractivity contribution in [3.63, 3.8) is 0 Å². The predicted octanol–water partition coefficient (Wildman–Crippen LogP) is 12.8. The molecular weight excluding hydrogens is 1000 g/mol. The lowest BCUT2D eigenvalue weighted by Crippen LogP contribution is -2.25. The molecule has 7 aliphatic rings. The first-order valence-electron chi connectivity index (χ1n) is 28.9. The van der Waals surface area contributed by atoms with Gasteiger partial charge in [-0.2, -0.15) is 0 Å². The number of anilines is 1. The molecule has 10 bridgehead atoms. The van der Waals surface area contributed by atoms with Gasteiger partial charge in [-0.25, -0.2) is 0 Å². The zero-order valence-corrected chi connectivity index (χ0v) is 46.5. The van der Waals surface area contributed by atoms with Gasteiger partial charge in [0.1, 0.15) is 36.1 Å². The van der Waals surface area contributed by atoms with Gasteiger partial charge in [0.05, 0.1) is 19.6 Å². The van der Waals surface area contributed by atoms with E-state index >= 15 is 0 Å². The van der Waals surface area contributed by atoms with Gasteiger partial charge in [0, 0.05) is 66.3 Å². The second-order valence-corrected chi connectivity index (χ2v) is 22.6. The number of carbonyl (C=O) groups excluding carboxylic acids is 1. The van der Waals surface area contributed by atoms with Crippen LogP contribution in [0.1, 0.15) is 152 Å². The van der Waals surface area contributed by atoms with Crippen LogP contribution in [0.5, 0.6) is 17.2 Å². The molecular formula is C68H77N3O9. The number of phenols is 1. The summed E-state index contributed by atoms with van der Waals surface area (Å²) in [6, 6.07) is 25.9. The van der Waals surface area contributed by atoms with Gasteiger partial charge in [-0.1, -0.05) is 111 Å². The van der Waals surface area contributed by atoms with Crippen LogP contribution in [0, 0.1) is 29.8 Å². The molecule has 5 aromatic rings. The highest BCUT2D eigenvalue weighted by Gasteiger charge is 2.34. The summed E-state index contributed by atoms with van der Waals surface area (Å²) in [7, 11) is 3.23. The second kappa shape index (κ2) is 25.9. The molecule has 1 saturated carbocycles. The largest absolute Gasteiger partial charge is 0.508 e. The highest BCUT2D eigenvalue weighted by molar-refractivity contribution is 6.01. The summed E-state index contributed by atoms with van der Waals surface area (Å²) in [5, 5.41) is 52.1. The number of aliphatic imine (C=N–C) groups is 1. The molecule has 12 heteroatoms. The molecule has 1 fully saturated rings. The summed E-state index contributed by atoms with van der Waals surface area (Å²) in [4.78, 5) is 18.3. The molecule has 12 nitrogen and oxygen atoms in total. The van der Waals surface area contributed by atoms with Gasteiger partial charge in [0.25, 0.3) is 0 Å². The molecule has 0 saturated heterocycles. The van der Waals surface area contributed by atoms with Crippen LogP contribution >= 0.6 is 0 Å². The SMILES string of the molecule is CN=C(N)Nc1cccc(CCCC[C@@H]2C=C3/C=C/[C@H](c4cccc(CCOCC5CCCCC5)c4)[C@@H]4C#CO[C@H](CC(=O)CCc5ccc(OC)c(c5)OCc5c(C(O)O)cc6c4c(O)cc4c6c5C=C[C@@H]4C)C[C@H]2C=C3O)c1. The average Bonchev–Trinajstić information content (AvgIpc) is 2.79. The normalized spacial score (nSPS) is 22.7. The van der Waals surface area contributed by atoms with E-state index in [-0.39, 0.29) is 60.1 Å². The lowest BCUT2D eigenvalue weighted by molar-refractivity contribution is -0.121. The zero-order valence-electron chi connectivity index (χ0n) is 46.5. The fraction of sp³-hybridized carbons (Fsp3) is 0.412. The van der Waals surface area contributed by atoms with Crippen molar-refractivity contribution >= 4 is 34.3 Å². The maximum Gasteiger partial charge on any atom is 0.192 e. The fourth-order valence-corrected chi connectivity index (χ4v) is 12.7. The van der Waals surface area contributed by atoms with E-state index < -0.39 is 24.2 Å². The van der Waals surface area contributed by atoms with E-state index in [1.807, 2.05) is 54.6 Å². The van der Waals surface area contributed by atoms with Crippen LogP contribution in [0.25, 0.3) is 16.8 Å². The summed E-state index contributed by atoms with van der Waals surface area (Å²) in [5.41, 5.74) is 14.5. The van der Waals surface area contributed by atoms with Crippen molar-refractivity contribution in [1.29, 1.82) is 0 Å². The monoisotopic (exact) mass is 1080 g/mol. The second-order valence-electron chi connectivity index (χ2n) is 22.6. The minimum Gasteiger partial charge on any atom is -0.508 e. The van der Waals surface area contributed by atoms with E-state index in [0.717, 1.165) is 71.2 Å². The van der Waals surface area contributed by atoms with E-state index in [9.17, 15) is 25.2 Å². The van der Waals surface area contributed by atoms with Gasteiger partial charge in [0.15, 0.2) is 23.7 Å². The molecule has 3 aliphatic carbocycles. The van der Waals surface area contributed by atoms with Gasteiger partial charge in [0.2, 0.25) is 0 Å². The predicted molar refractivity (Wildman–Crippen MR) is 316 cm³/mol. The number of ketones is 1. The minimum atomic E-state index is -1.91. The fourth-order valence-electron chi connectivity index (χ4n) is 12.7. The van der Waals surface area contributed by atoms with Gasteiger partial charge in [-0.15, -0.1) is 0 Å². The first-order chi connectivity index (χ1) is 38.9. The molecule has 0 radical (unpaired) electrons. The topological polar surface area (TPSA) is 185 Å². The van der Waals surface area contributed by atoms with Gasteiger partial charge in [-0.05, 0) is 156 Å². The van der Waals surface area contributed by atoms with E-state index in [2.05, 4.69) is 83.9 Å². The molecule has 7 N–H and O–H groups in total. The van der Waals surface area contributed by atoms with Crippen molar-refractivity contribution in [3.8, 4) is 29.3 Å². The molecule has 5 aromatic carbocycles. The molecule has 4 heterocycles. The van der Waals surface area contributed by atoms with Crippen molar-refractivity contribution in [3.05, 3.63) is 171 Å². The number of hydrogen-bond acceptors (Lipinski definition) is 10. The summed E-state index contributed by atoms with van der Waals surface area (Å²) >= 11 is 0. The number of phenolic OH excluding ortho intramolecular Hbond substituents is 1. The Balaban J connectivity index is 1.10. The Morgan fingerprint density at radius 2 is 1.75 bits per heavy atom. The third-order valence-corrected chi connectivity index (χ3v) is 17.1. The number of benzene rings is 5. The minimum absolute atomic E-state index is 0.000505. The van der Waals surface area contributed by atoms with Crippen LogP contribution in [-0.4, -0.2) is 65.6 Å². The molecule has 0 amide bonds. The Hall–Kier alpha value is -7.30. The third-order valence-electron chi connectivity index (χ3n) is 17.1. The summed E-state index contributed by atoms with van der Waals surface area (Å²) in [6.45, 7) is 3.39. The quantitative estimate of drug-likeness (QED) is 0.0204. The van der Waals surface area contributed by atoms with Gasteiger partial charge < -0.3 is 50.4 Å². The zero-order chi connectivity index (χ0) is 55.7. The number of aliphatic hydroxyl groups excluding tert-OH is 2. The van der Waals surface area contributed by atoms with Gasteiger partial charge >= 0.3 is 0 Å². The lowest BCUT2D eigenvalue weighted by Gasteiger charge is -2.30. The molecule has 418 valence electrons. The van der Waals surface area contributed by atoms with Crippen LogP contribution in [0.15, 0.2) is 126 Å². The number of ether oxygens (including phenoxy) is 4. The van der Waals surface area contributed by atoms with Crippen molar-refractivity contribution in [2.75, 3.05) is 32.7 Å². The molecule has 0 unspecified atom stereocenters. The van der Waals surface area contributed by atoms with E-state index in [4.69, 9.17) is 24.7 Å². The number of aromatic hydroxyl groups is 1. The molecule has 6 atom stereocenters. The third kappa shape index (κ3) is 13.1. The average molecular weight is 1080 g/mol. The Bertz CT molecular complexity index is 3280. The Morgan fingerprint density at radius 1 is 0.925 bits per heavy atom. The van der Waals surface area contributed by atoms with Crippen molar-refractivity contribution in [2.45, 2.75) is 134 Å². The maximum absolute atomic E-state index is 14.3. The Morgan fingerprint density at radius 3 is 2.56 bits per heavy atom. The van der Waals surface area contributed by atoms with Crippen molar-refractivity contribution in [1.82, 2.24) is 0 Å². The number of guanidine groups is 1. The van der Waals surface area contributed by atoms with Crippen LogP contribution in [0.2, 0.25) is 0 Å². The van der Waals surface area contributed by atoms with E-state index in [0.29, 0.717) is 71.3 Å². The number of unbranched alkanes of at least 4 members (excludes halogenated alkanes) is 1. The lowest BCUT2D eigenvalue weighted by atomic mass is 9.74. The Kier molecular flexibility index (Phi) is 18.1. The smallest absolute Gasteiger partial charge is 0.192 e. The molecule has 80 heavy (non-hydrogen) atoms. The number of nitrogens with one attached hydrogen (secondary N) is 1. The molecule has 12 rings (SSSR count). The van der Waals surface area contributed by atoms with Crippen molar-refractivity contribution in [2.24, 2.45) is 28.5 Å². The Labute approximate surface area is 471 Å². The number of fused-ring (bicyclic) bond motifs is 7. The van der Waals surface area contributed by atoms with Crippen LogP contribution in [-0.2, 0) is 40.1 Å². The first-order valence-corrected chi connectivity index (χ1v) is 28.9. The van der Waals surface area contributed by atoms with Crippen LogP contribution in [0.4, 0.5) is 5.69 Å². The number of methoxy groups -OCH3 is 1. The number of aliphatic hydroxyl groups is 3. The summed E-state index contributed by atoms with van der Waals surface area (Å²) in [6.07, 6.45) is 24.5. The number of Topliss-reactive ketones (excluding diaryl/α,β-unsaturated/α-hetero) is 1. The standard InChI is InChI=1S/C68H77N3O9/c1-42-19-24-55-60-41-80-64-33-45(21-26-63(64)77-3)20-23-52(72)37-53-35-50-36-61(73)49(34-47(50)16-8-7-11-43-15-10-18-51(32-43)71-68(69)70-2)22-25-54(48-17-9-14-44(31-48)27-29-78-40-46-12-5-4-6-13-46)56(28-30-79-53)66-59(38-58(60)67(75)76)65(55)57(42)39-62(66)74/h9-10,14-15,17-19,21-22,24-26,31-34,36,38-39,42,46-47,50,53-54,56,67,73-76H,4-8,11-13,16,20,23,27,29,35,37,40-41H2,1-3H3,(H3,69,70,71)/b25-22+/t42-,47+,50-,53-,54+,56-/m0/s1. The van der Waals surface area contributed by atoms with Crippen molar-refractivity contribution < 1.29 is 44.2 Å². The highest BCUT2D eigenvalue weighted by Crippen LogP contribution is 2.49. The number of nitrogens with zero attached hydrogens (tertiary/aromatic N) is 1. The van der Waals surface area contributed by atoms with E-state index in [1.165, 1.54) is 37.7 Å². The molecule has 4 aliphatic heterocycles. The van der Waals surface area contributed by atoms with Gasteiger partial charge in [-0.3, -0.25) is 9.79 Å². The number of nitrogens with two attached hydrogens (primary N) is 1. The number of aryl methyl sites for hydroxylation is 2. The highest BCUT2D eigenvalue weighted by atomic mass is 16.5. The summed E-state index contributed by atoms with van der Waals surface area (Å²) in [5.74, 6) is 3.99. The first kappa shape index (κ1) is 56.0. The van der Waals surface area contributed by atoms with Crippen LogP contribution < -0.4 is 20.5 Å². The number of carbonyl (C=O) groups is 1. The number of hydrogen-bond donors (Lipinski definition) is 6. The molecule has 0 aromatic heterocycles.